The number of hydrogen-bond donors (Lipinski definition) is 0. The molecule has 0 saturated heterocycles. The van der Waals surface area contributed by atoms with E-state index in [4.69, 9.17) is 25.8 Å². The molecule has 6 heteroatoms. The average molecular weight is 331 g/mol. The molecular weight excluding hydrogens is 316 g/mol. The molecule has 0 bridgehead atoms. The molecule has 23 heavy (non-hydrogen) atoms. The molecule has 0 aliphatic heterocycles. The number of aromatic nitrogens is 2. The van der Waals surface area contributed by atoms with Crippen molar-refractivity contribution in [3.8, 4) is 17.4 Å². The molecule has 1 heterocycles. The van der Waals surface area contributed by atoms with Gasteiger partial charge in [-0.25, -0.2) is 0 Å². The molecule has 5 nitrogen and oxygen atoms in total. The van der Waals surface area contributed by atoms with E-state index in [0.29, 0.717) is 24.2 Å². The van der Waals surface area contributed by atoms with Crippen LogP contribution in [0.4, 0.5) is 0 Å². The molecule has 0 aliphatic rings. The fourth-order valence-electron chi connectivity index (χ4n) is 2.12. The van der Waals surface area contributed by atoms with Gasteiger partial charge in [-0.3, -0.25) is 4.98 Å². The Balaban J connectivity index is 1.58. The third kappa shape index (κ3) is 4.02. The molecule has 0 aliphatic carbocycles. The summed E-state index contributed by atoms with van der Waals surface area (Å²) < 4.78 is 16.4. The van der Waals surface area contributed by atoms with Crippen LogP contribution in [0.25, 0.3) is 10.8 Å². The Bertz CT molecular complexity index is 811. The quantitative estimate of drug-likeness (QED) is 0.644. The monoisotopic (exact) mass is 330 g/mol. The minimum Gasteiger partial charge on any atom is -0.497 e. The molecule has 0 fully saturated rings. The molecule has 0 spiro atoms. The van der Waals surface area contributed by atoms with Gasteiger partial charge in [0, 0.05) is 0 Å². The first-order chi connectivity index (χ1) is 11.2. The predicted octanol–water partition coefficient (Wildman–Crippen LogP) is 3.75. The van der Waals surface area contributed by atoms with Crippen LogP contribution in [0.5, 0.6) is 17.4 Å². The van der Waals surface area contributed by atoms with Gasteiger partial charge in [-0.1, -0.05) is 23.7 Å². The standard InChI is InChI=1S/C17H15ClN2O3/c1-21-14-4-2-12-3-5-15(9-13(12)8-14)22-6-7-23-17-11-19-10-16(18)20-17/h2-5,8-11H,6-7H2,1H3. The zero-order valence-electron chi connectivity index (χ0n) is 12.5. The van der Waals surface area contributed by atoms with E-state index in [2.05, 4.69) is 9.97 Å². The molecule has 3 rings (SSSR count). The molecule has 0 atom stereocenters. The topological polar surface area (TPSA) is 53.5 Å². The lowest BCUT2D eigenvalue weighted by atomic mass is 10.1. The number of nitrogens with zero attached hydrogens (tertiary/aromatic N) is 2. The zero-order chi connectivity index (χ0) is 16.1. The third-order valence-corrected chi connectivity index (χ3v) is 3.39. The van der Waals surface area contributed by atoms with Gasteiger partial charge in [0.2, 0.25) is 5.88 Å². The number of methoxy groups -OCH3 is 1. The summed E-state index contributed by atoms with van der Waals surface area (Å²) in [6, 6.07) is 11.8. The highest BCUT2D eigenvalue weighted by Crippen LogP contribution is 2.24. The lowest BCUT2D eigenvalue weighted by molar-refractivity contribution is 0.211. The number of rotatable bonds is 6. The summed E-state index contributed by atoms with van der Waals surface area (Å²) in [6.45, 7) is 0.745. The zero-order valence-corrected chi connectivity index (χ0v) is 13.3. The van der Waals surface area contributed by atoms with Crippen molar-refractivity contribution in [2.45, 2.75) is 0 Å². The van der Waals surface area contributed by atoms with E-state index in [9.17, 15) is 0 Å². The van der Waals surface area contributed by atoms with E-state index in [1.807, 2.05) is 36.4 Å². The molecule has 2 aromatic carbocycles. The SMILES string of the molecule is COc1ccc2ccc(OCCOc3cncc(Cl)n3)cc2c1. The van der Waals surface area contributed by atoms with E-state index in [1.54, 1.807) is 7.11 Å². The molecule has 0 radical (unpaired) electrons. The summed E-state index contributed by atoms with van der Waals surface area (Å²) in [4.78, 5) is 7.89. The van der Waals surface area contributed by atoms with Crippen LogP contribution in [0.2, 0.25) is 5.15 Å². The molecule has 118 valence electrons. The highest BCUT2D eigenvalue weighted by molar-refractivity contribution is 6.29. The summed E-state index contributed by atoms with van der Waals surface area (Å²) in [6.07, 6.45) is 2.96. The first-order valence-corrected chi connectivity index (χ1v) is 7.43. The Morgan fingerprint density at radius 3 is 2.43 bits per heavy atom. The average Bonchev–Trinajstić information content (AvgIpc) is 2.58. The van der Waals surface area contributed by atoms with Gasteiger partial charge in [-0.05, 0) is 35.0 Å². The van der Waals surface area contributed by atoms with Crippen molar-refractivity contribution in [1.29, 1.82) is 0 Å². The van der Waals surface area contributed by atoms with Crippen LogP contribution in [-0.2, 0) is 0 Å². The second-order valence-corrected chi connectivity index (χ2v) is 5.14. The maximum absolute atomic E-state index is 5.74. The molecule has 1 aromatic heterocycles. The number of fused-ring (bicyclic) bond motifs is 1. The van der Waals surface area contributed by atoms with Crippen molar-refractivity contribution >= 4 is 22.4 Å². The van der Waals surface area contributed by atoms with Crippen LogP contribution >= 0.6 is 11.6 Å². The third-order valence-electron chi connectivity index (χ3n) is 3.20. The van der Waals surface area contributed by atoms with Crippen molar-refractivity contribution < 1.29 is 14.2 Å². The molecule has 0 amide bonds. The van der Waals surface area contributed by atoms with E-state index < -0.39 is 0 Å². The van der Waals surface area contributed by atoms with Gasteiger partial charge in [0.25, 0.3) is 0 Å². The van der Waals surface area contributed by atoms with Gasteiger partial charge in [0.05, 0.1) is 19.5 Å². The van der Waals surface area contributed by atoms with Crippen LogP contribution in [0.3, 0.4) is 0 Å². The van der Waals surface area contributed by atoms with E-state index >= 15 is 0 Å². The highest BCUT2D eigenvalue weighted by atomic mass is 35.5. The maximum Gasteiger partial charge on any atom is 0.233 e. The normalized spacial score (nSPS) is 10.5. The predicted molar refractivity (Wildman–Crippen MR) is 88.5 cm³/mol. The summed E-state index contributed by atoms with van der Waals surface area (Å²) in [5, 5.41) is 2.49. The van der Waals surface area contributed by atoms with Crippen LogP contribution < -0.4 is 14.2 Å². The van der Waals surface area contributed by atoms with Gasteiger partial charge in [-0.2, -0.15) is 4.98 Å². The van der Waals surface area contributed by atoms with Crippen LogP contribution in [0.15, 0.2) is 48.8 Å². The smallest absolute Gasteiger partial charge is 0.233 e. The highest BCUT2D eigenvalue weighted by Gasteiger charge is 2.01. The number of ether oxygens (including phenoxy) is 3. The van der Waals surface area contributed by atoms with Gasteiger partial charge < -0.3 is 14.2 Å². The fourth-order valence-corrected chi connectivity index (χ4v) is 2.26. The van der Waals surface area contributed by atoms with Crippen molar-refractivity contribution in [3.63, 3.8) is 0 Å². The maximum atomic E-state index is 5.74. The summed E-state index contributed by atoms with van der Waals surface area (Å²) in [5.74, 6) is 1.97. The van der Waals surface area contributed by atoms with Crippen molar-refractivity contribution in [2.24, 2.45) is 0 Å². The van der Waals surface area contributed by atoms with Gasteiger partial charge in [0.15, 0.2) is 5.15 Å². The van der Waals surface area contributed by atoms with Crippen molar-refractivity contribution in [2.75, 3.05) is 20.3 Å². The van der Waals surface area contributed by atoms with E-state index in [0.717, 1.165) is 22.3 Å². The minimum absolute atomic E-state index is 0.298. The lowest BCUT2D eigenvalue weighted by Crippen LogP contribution is -2.09. The summed E-state index contributed by atoms with van der Waals surface area (Å²) in [7, 11) is 1.65. The van der Waals surface area contributed by atoms with Crippen LogP contribution in [0.1, 0.15) is 0 Å². The van der Waals surface area contributed by atoms with Gasteiger partial charge in [-0.15, -0.1) is 0 Å². The Morgan fingerprint density at radius 2 is 1.65 bits per heavy atom. The summed E-state index contributed by atoms with van der Waals surface area (Å²) in [5.41, 5.74) is 0. The first kappa shape index (κ1) is 15.4. The Hall–Kier alpha value is -2.53. The minimum atomic E-state index is 0.298. The molecule has 0 saturated carbocycles. The molecule has 3 aromatic rings. The van der Waals surface area contributed by atoms with Crippen LogP contribution in [-0.4, -0.2) is 30.3 Å². The number of hydrogen-bond acceptors (Lipinski definition) is 5. The largest absolute Gasteiger partial charge is 0.497 e. The van der Waals surface area contributed by atoms with Crippen molar-refractivity contribution in [3.05, 3.63) is 53.9 Å². The molecular formula is C17H15ClN2O3. The fraction of sp³-hybridized carbons (Fsp3) is 0.176. The Kier molecular flexibility index (Phi) is 4.78. The van der Waals surface area contributed by atoms with Gasteiger partial charge >= 0.3 is 0 Å². The Labute approximate surface area is 138 Å². The number of halogens is 1. The second-order valence-electron chi connectivity index (χ2n) is 4.75. The van der Waals surface area contributed by atoms with Gasteiger partial charge in [0.1, 0.15) is 24.7 Å². The summed E-state index contributed by atoms with van der Waals surface area (Å²) >= 11 is 5.74. The molecule has 0 unspecified atom stereocenters. The number of benzene rings is 2. The van der Waals surface area contributed by atoms with Crippen LogP contribution in [0, 0.1) is 0 Å². The first-order valence-electron chi connectivity index (χ1n) is 7.05. The molecule has 0 N–H and O–H groups in total. The van der Waals surface area contributed by atoms with E-state index in [-0.39, 0.29) is 0 Å². The Morgan fingerprint density at radius 1 is 0.913 bits per heavy atom. The second kappa shape index (κ2) is 7.15. The van der Waals surface area contributed by atoms with E-state index in [1.165, 1.54) is 12.4 Å². The lowest BCUT2D eigenvalue weighted by Gasteiger charge is -2.09. The van der Waals surface area contributed by atoms with Crippen molar-refractivity contribution in [1.82, 2.24) is 9.97 Å².